The van der Waals surface area contributed by atoms with Crippen LogP contribution in [0.2, 0.25) is 0 Å². The summed E-state index contributed by atoms with van der Waals surface area (Å²) in [6, 6.07) is 0. The number of hydrogen-bond donors (Lipinski definition) is 1. The number of carbonyl (C=O) groups is 1. The first kappa shape index (κ1) is 9.95. The molecule has 0 saturated carbocycles. The predicted molar refractivity (Wildman–Crippen MR) is 46.9 cm³/mol. The van der Waals surface area contributed by atoms with Gasteiger partial charge in [-0.3, -0.25) is 4.79 Å². The van der Waals surface area contributed by atoms with E-state index in [9.17, 15) is 4.79 Å². The van der Waals surface area contributed by atoms with Gasteiger partial charge in [0.1, 0.15) is 0 Å². The zero-order chi connectivity index (χ0) is 8.69. The molecule has 1 heterocycles. The number of rotatable bonds is 0. The first-order valence-corrected chi connectivity index (χ1v) is 3.94. The molecular formula is C9H15NO. The second-order valence-electron chi connectivity index (χ2n) is 2.04. The van der Waals surface area contributed by atoms with Crippen molar-refractivity contribution in [3.05, 3.63) is 24.4 Å². The fourth-order valence-corrected chi connectivity index (χ4v) is 0.635. The quantitative estimate of drug-likeness (QED) is 0.565. The first-order valence-electron chi connectivity index (χ1n) is 3.94. The van der Waals surface area contributed by atoms with Gasteiger partial charge in [-0.1, -0.05) is 32.9 Å². The maximum Gasteiger partial charge on any atom is 0.230 e. The van der Waals surface area contributed by atoms with Crippen molar-refractivity contribution < 1.29 is 4.79 Å². The standard InChI is InChI=1S/C7H9NO.C2H6/c1-6-4-2-3-5-8-7(6)9;1-2/h2-6H,1H3,(H,8,9);1-2H3. The molecule has 0 aromatic heterocycles. The Bertz CT molecular complexity index is 170. The van der Waals surface area contributed by atoms with Crippen molar-refractivity contribution in [2.45, 2.75) is 20.8 Å². The summed E-state index contributed by atoms with van der Waals surface area (Å²) in [7, 11) is 0. The average Bonchev–Trinajstić information content (AvgIpc) is 2.22. The van der Waals surface area contributed by atoms with Crippen LogP contribution in [0, 0.1) is 5.92 Å². The summed E-state index contributed by atoms with van der Waals surface area (Å²) in [4.78, 5) is 10.8. The van der Waals surface area contributed by atoms with E-state index in [0.29, 0.717) is 0 Å². The zero-order valence-corrected chi connectivity index (χ0v) is 7.29. The van der Waals surface area contributed by atoms with Crippen LogP contribution in [0.1, 0.15) is 20.8 Å². The van der Waals surface area contributed by atoms with Gasteiger partial charge in [-0.2, -0.15) is 0 Å². The minimum Gasteiger partial charge on any atom is -0.332 e. The van der Waals surface area contributed by atoms with Crippen molar-refractivity contribution in [1.82, 2.24) is 5.32 Å². The third-order valence-corrected chi connectivity index (χ3v) is 1.25. The molecule has 0 aromatic rings. The number of carbonyl (C=O) groups excluding carboxylic acids is 1. The highest BCUT2D eigenvalue weighted by Gasteiger charge is 2.07. The Labute approximate surface area is 68.0 Å². The molecule has 0 spiro atoms. The molecular weight excluding hydrogens is 138 g/mol. The molecule has 0 aliphatic carbocycles. The number of nitrogens with one attached hydrogen (secondary N) is 1. The molecule has 0 fully saturated rings. The lowest BCUT2D eigenvalue weighted by Crippen LogP contribution is -2.21. The van der Waals surface area contributed by atoms with E-state index in [1.54, 1.807) is 12.3 Å². The maximum atomic E-state index is 10.8. The molecule has 1 aliphatic heterocycles. The molecule has 62 valence electrons. The van der Waals surface area contributed by atoms with Gasteiger partial charge in [0, 0.05) is 6.20 Å². The number of amides is 1. The molecule has 2 nitrogen and oxygen atoms in total. The number of hydrogen-bond acceptors (Lipinski definition) is 1. The molecule has 1 N–H and O–H groups in total. The van der Waals surface area contributed by atoms with Crippen molar-refractivity contribution in [3.63, 3.8) is 0 Å². The summed E-state index contributed by atoms with van der Waals surface area (Å²) in [6.45, 7) is 5.86. The minimum atomic E-state index is -0.000000000000000222. The van der Waals surface area contributed by atoms with Crippen molar-refractivity contribution in [2.24, 2.45) is 5.92 Å². The normalized spacial score (nSPS) is 21.4. The second-order valence-corrected chi connectivity index (χ2v) is 2.04. The Balaban J connectivity index is 0.000000461. The first-order chi connectivity index (χ1) is 5.30. The largest absolute Gasteiger partial charge is 0.332 e. The molecule has 0 saturated heterocycles. The summed E-state index contributed by atoms with van der Waals surface area (Å²) in [6.07, 6.45) is 7.17. The van der Waals surface area contributed by atoms with Gasteiger partial charge in [-0.25, -0.2) is 0 Å². The van der Waals surface area contributed by atoms with Gasteiger partial charge in [0.15, 0.2) is 0 Å². The van der Waals surface area contributed by atoms with Gasteiger partial charge in [-0.05, 0) is 6.08 Å². The fraction of sp³-hybridized carbons (Fsp3) is 0.444. The van der Waals surface area contributed by atoms with Gasteiger partial charge in [0.05, 0.1) is 5.92 Å². The number of allylic oxidation sites excluding steroid dienone is 2. The van der Waals surface area contributed by atoms with Gasteiger partial charge in [-0.15, -0.1) is 0 Å². The Morgan fingerprint density at radius 2 is 2.00 bits per heavy atom. The van der Waals surface area contributed by atoms with E-state index in [4.69, 9.17) is 0 Å². The molecule has 0 aromatic carbocycles. The molecule has 1 rings (SSSR count). The van der Waals surface area contributed by atoms with Crippen molar-refractivity contribution in [3.8, 4) is 0 Å². The highest BCUT2D eigenvalue weighted by Crippen LogP contribution is 1.99. The predicted octanol–water partition coefficient (Wildman–Crippen LogP) is 1.85. The van der Waals surface area contributed by atoms with Gasteiger partial charge in [0.25, 0.3) is 0 Å². The third-order valence-electron chi connectivity index (χ3n) is 1.25. The summed E-state index contributed by atoms with van der Waals surface area (Å²) in [5.41, 5.74) is 0. The lowest BCUT2D eigenvalue weighted by molar-refractivity contribution is -0.122. The Hall–Kier alpha value is -1.05. The molecule has 0 bridgehead atoms. The highest BCUT2D eigenvalue weighted by atomic mass is 16.1. The summed E-state index contributed by atoms with van der Waals surface area (Å²) in [5.74, 6) is 0.0556. The SMILES string of the molecule is CC.CC1C=CC=CNC1=O. The lowest BCUT2D eigenvalue weighted by atomic mass is 10.1. The maximum absolute atomic E-state index is 10.8. The monoisotopic (exact) mass is 153 g/mol. The summed E-state index contributed by atoms with van der Waals surface area (Å²) < 4.78 is 0. The zero-order valence-electron chi connectivity index (χ0n) is 7.29. The highest BCUT2D eigenvalue weighted by molar-refractivity contribution is 5.81. The molecule has 1 amide bonds. The van der Waals surface area contributed by atoms with Crippen LogP contribution < -0.4 is 5.32 Å². The van der Waals surface area contributed by atoms with E-state index >= 15 is 0 Å². The Kier molecular flexibility index (Phi) is 5.17. The van der Waals surface area contributed by atoms with E-state index in [2.05, 4.69) is 5.32 Å². The molecule has 2 heteroatoms. The molecule has 0 radical (unpaired) electrons. The van der Waals surface area contributed by atoms with Gasteiger partial charge < -0.3 is 5.32 Å². The molecule has 1 aliphatic rings. The van der Waals surface area contributed by atoms with Crippen molar-refractivity contribution >= 4 is 5.91 Å². The van der Waals surface area contributed by atoms with Crippen LogP contribution in [0.25, 0.3) is 0 Å². The second kappa shape index (κ2) is 5.71. The van der Waals surface area contributed by atoms with E-state index in [0.717, 1.165) is 0 Å². The van der Waals surface area contributed by atoms with E-state index in [1.165, 1.54) is 0 Å². The van der Waals surface area contributed by atoms with Crippen LogP contribution >= 0.6 is 0 Å². The minimum absolute atomic E-state index is 0.000000000000000222. The van der Waals surface area contributed by atoms with Crippen LogP contribution in [0.4, 0.5) is 0 Å². The summed E-state index contributed by atoms with van der Waals surface area (Å²) >= 11 is 0. The van der Waals surface area contributed by atoms with Crippen LogP contribution in [-0.4, -0.2) is 5.91 Å². The van der Waals surface area contributed by atoms with E-state index in [1.807, 2.05) is 32.9 Å². The van der Waals surface area contributed by atoms with Crippen LogP contribution in [0.15, 0.2) is 24.4 Å². The lowest BCUT2D eigenvalue weighted by Gasteiger charge is -1.99. The van der Waals surface area contributed by atoms with Crippen molar-refractivity contribution in [1.29, 1.82) is 0 Å². The topological polar surface area (TPSA) is 29.1 Å². The van der Waals surface area contributed by atoms with Crippen molar-refractivity contribution in [2.75, 3.05) is 0 Å². The van der Waals surface area contributed by atoms with E-state index in [-0.39, 0.29) is 11.8 Å². The third kappa shape index (κ3) is 3.61. The smallest absolute Gasteiger partial charge is 0.230 e. The van der Waals surface area contributed by atoms with Gasteiger partial charge >= 0.3 is 0 Å². The molecule has 1 atom stereocenters. The van der Waals surface area contributed by atoms with Gasteiger partial charge in [0.2, 0.25) is 5.91 Å². The average molecular weight is 153 g/mol. The van der Waals surface area contributed by atoms with Crippen LogP contribution in [-0.2, 0) is 4.79 Å². The summed E-state index contributed by atoms with van der Waals surface area (Å²) in [5, 5.41) is 2.61. The van der Waals surface area contributed by atoms with E-state index < -0.39 is 0 Å². The Morgan fingerprint density at radius 3 is 2.64 bits per heavy atom. The molecule has 11 heavy (non-hydrogen) atoms. The Morgan fingerprint density at radius 1 is 1.36 bits per heavy atom. The van der Waals surface area contributed by atoms with Crippen LogP contribution in [0.3, 0.4) is 0 Å². The van der Waals surface area contributed by atoms with Crippen LogP contribution in [0.5, 0.6) is 0 Å². The molecule has 1 unspecified atom stereocenters. The fourth-order valence-electron chi connectivity index (χ4n) is 0.635.